The van der Waals surface area contributed by atoms with Crippen molar-refractivity contribution in [1.29, 1.82) is 0 Å². The van der Waals surface area contributed by atoms with E-state index in [4.69, 9.17) is 23.2 Å². The number of benzene rings is 1. The Hall–Kier alpha value is -1.30. The lowest BCUT2D eigenvalue weighted by molar-refractivity contribution is -0.125. The van der Waals surface area contributed by atoms with Gasteiger partial charge in [0.05, 0.1) is 23.3 Å². The SMILES string of the molecule is O=C(CN1CCCC1C(=O)Nc1ccc(Cl)cc1Cl)NC1CCCC1. The number of anilines is 1. The highest BCUT2D eigenvalue weighted by atomic mass is 35.5. The molecule has 1 heterocycles. The number of hydrogen-bond donors (Lipinski definition) is 2. The third-order valence-electron chi connectivity index (χ3n) is 4.92. The third kappa shape index (κ3) is 4.87. The van der Waals surface area contributed by atoms with Crippen molar-refractivity contribution >= 4 is 40.7 Å². The van der Waals surface area contributed by atoms with Gasteiger partial charge in [0, 0.05) is 11.1 Å². The molecule has 1 aromatic rings. The van der Waals surface area contributed by atoms with Crippen LogP contribution in [0, 0.1) is 0 Å². The maximum atomic E-state index is 12.6. The van der Waals surface area contributed by atoms with Gasteiger partial charge in [0.2, 0.25) is 11.8 Å². The summed E-state index contributed by atoms with van der Waals surface area (Å²) in [5.74, 6) is -0.119. The molecule has 2 amide bonds. The molecule has 1 aromatic carbocycles. The average molecular weight is 384 g/mol. The standard InChI is InChI=1S/C18H23Cl2N3O2/c19-12-7-8-15(14(20)10-12)22-18(25)16-6-3-9-23(16)11-17(24)21-13-4-1-2-5-13/h7-8,10,13,16H,1-6,9,11H2,(H,21,24)(H,22,25). The normalized spacial score (nSPS) is 21.4. The van der Waals surface area contributed by atoms with Crippen LogP contribution in [0.15, 0.2) is 18.2 Å². The fourth-order valence-electron chi connectivity index (χ4n) is 3.65. The monoisotopic (exact) mass is 383 g/mol. The number of carbonyl (C=O) groups excluding carboxylic acids is 2. The van der Waals surface area contributed by atoms with E-state index >= 15 is 0 Å². The molecule has 0 radical (unpaired) electrons. The quantitative estimate of drug-likeness (QED) is 0.818. The molecule has 7 heteroatoms. The lowest BCUT2D eigenvalue weighted by Gasteiger charge is -2.24. The van der Waals surface area contributed by atoms with Gasteiger partial charge in [0.1, 0.15) is 0 Å². The molecule has 1 unspecified atom stereocenters. The molecule has 0 spiro atoms. The number of nitrogens with zero attached hydrogens (tertiary/aromatic N) is 1. The predicted molar refractivity (Wildman–Crippen MR) is 100 cm³/mol. The van der Waals surface area contributed by atoms with Crippen molar-refractivity contribution in [3.8, 4) is 0 Å². The zero-order chi connectivity index (χ0) is 17.8. The summed E-state index contributed by atoms with van der Waals surface area (Å²) in [6.07, 6.45) is 6.13. The van der Waals surface area contributed by atoms with E-state index in [1.807, 2.05) is 4.90 Å². The zero-order valence-electron chi connectivity index (χ0n) is 14.1. The topological polar surface area (TPSA) is 61.4 Å². The molecular formula is C18H23Cl2N3O2. The van der Waals surface area contributed by atoms with E-state index in [1.54, 1.807) is 18.2 Å². The molecule has 25 heavy (non-hydrogen) atoms. The van der Waals surface area contributed by atoms with Gasteiger partial charge >= 0.3 is 0 Å². The fourth-order valence-corrected chi connectivity index (χ4v) is 4.10. The van der Waals surface area contributed by atoms with Gasteiger partial charge in [-0.25, -0.2) is 0 Å². The Balaban J connectivity index is 1.56. The van der Waals surface area contributed by atoms with Crippen LogP contribution in [0.25, 0.3) is 0 Å². The van der Waals surface area contributed by atoms with Gasteiger partial charge in [-0.1, -0.05) is 36.0 Å². The average Bonchev–Trinajstić information content (AvgIpc) is 3.21. The number of amides is 2. The molecule has 2 fully saturated rings. The van der Waals surface area contributed by atoms with Crippen LogP contribution in [0.4, 0.5) is 5.69 Å². The first-order chi connectivity index (χ1) is 12.0. The summed E-state index contributed by atoms with van der Waals surface area (Å²) in [5, 5.41) is 6.86. The number of nitrogens with one attached hydrogen (secondary N) is 2. The Bertz CT molecular complexity index is 647. The van der Waals surface area contributed by atoms with Gasteiger partial charge in [0.15, 0.2) is 0 Å². The first kappa shape index (κ1) is 18.5. The maximum absolute atomic E-state index is 12.6. The molecule has 1 saturated heterocycles. The summed E-state index contributed by atoms with van der Waals surface area (Å²) in [5.41, 5.74) is 0.540. The second-order valence-corrected chi connectivity index (χ2v) is 7.63. The summed E-state index contributed by atoms with van der Waals surface area (Å²) >= 11 is 12.0. The Morgan fingerprint density at radius 2 is 1.88 bits per heavy atom. The van der Waals surface area contributed by atoms with Gasteiger partial charge in [0.25, 0.3) is 0 Å². The summed E-state index contributed by atoms with van der Waals surface area (Å²) in [6.45, 7) is 1.02. The summed E-state index contributed by atoms with van der Waals surface area (Å²) in [4.78, 5) is 26.8. The van der Waals surface area contributed by atoms with E-state index in [9.17, 15) is 9.59 Å². The van der Waals surface area contributed by atoms with Gasteiger partial charge in [-0.15, -0.1) is 0 Å². The van der Waals surface area contributed by atoms with Gasteiger partial charge < -0.3 is 10.6 Å². The summed E-state index contributed by atoms with van der Waals surface area (Å²) in [6, 6.07) is 4.97. The Labute approximate surface area is 158 Å². The number of carbonyl (C=O) groups is 2. The van der Waals surface area contributed by atoms with Crippen molar-refractivity contribution in [2.45, 2.75) is 50.6 Å². The highest BCUT2D eigenvalue weighted by molar-refractivity contribution is 6.36. The molecule has 5 nitrogen and oxygen atoms in total. The molecular weight excluding hydrogens is 361 g/mol. The lowest BCUT2D eigenvalue weighted by atomic mass is 10.2. The maximum Gasteiger partial charge on any atom is 0.241 e. The van der Waals surface area contributed by atoms with Gasteiger partial charge in [-0.05, 0) is 50.4 Å². The minimum absolute atomic E-state index is 0.0103. The number of likely N-dealkylation sites (tertiary alicyclic amines) is 1. The van der Waals surface area contributed by atoms with Crippen LogP contribution in [-0.2, 0) is 9.59 Å². The molecule has 1 saturated carbocycles. The lowest BCUT2D eigenvalue weighted by Crippen LogP contribution is -2.46. The predicted octanol–water partition coefficient (Wildman–Crippen LogP) is 3.46. The first-order valence-electron chi connectivity index (χ1n) is 8.82. The van der Waals surface area contributed by atoms with Crippen LogP contribution in [0.1, 0.15) is 38.5 Å². The minimum Gasteiger partial charge on any atom is -0.352 e. The summed E-state index contributed by atoms with van der Waals surface area (Å²) in [7, 11) is 0. The van der Waals surface area contributed by atoms with Crippen molar-refractivity contribution in [3.05, 3.63) is 28.2 Å². The summed E-state index contributed by atoms with van der Waals surface area (Å²) < 4.78 is 0. The number of hydrogen-bond acceptors (Lipinski definition) is 3. The van der Waals surface area contributed by atoms with Crippen LogP contribution in [0.2, 0.25) is 10.0 Å². The highest BCUT2D eigenvalue weighted by Gasteiger charge is 2.32. The second kappa shape index (κ2) is 8.39. The number of halogens is 2. The van der Waals surface area contributed by atoms with Crippen LogP contribution >= 0.6 is 23.2 Å². The van der Waals surface area contributed by atoms with E-state index in [1.165, 1.54) is 12.8 Å². The molecule has 1 atom stereocenters. The molecule has 3 rings (SSSR count). The Morgan fingerprint density at radius 1 is 1.12 bits per heavy atom. The first-order valence-corrected chi connectivity index (χ1v) is 9.58. The van der Waals surface area contributed by atoms with Crippen LogP contribution in [0.5, 0.6) is 0 Å². The van der Waals surface area contributed by atoms with Crippen LogP contribution in [-0.4, -0.2) is 41.9 Å². The molecule has 1 aliphatic heterocycles. The smallest absolute Gasteiger partial charge is 0.241 e. The van der Waals surface area contributed by atoms with Crippen molar-refractivity contribution in [2.24, 2.45) is 0 Å². The molecule has 2 aliphatic rings. The van der Waals surface area contributed by atoms with E-state index < -0.39 is 0 Å². The van der Waals surface area contributed by atoms with Crippen molar-refractivity contribution < 1.29 is 9.59 Å². The van der Waals surface area contributed by atoms with Gasteiger partial charge in [-0.3, -0.25) is 14.5 Å². The minimum atomic E-state index is -0.305. The van der Waals surface area contributed by atoms with E-state index in [0.717, 1.165) is 32.2 Å². The van der Waals surface area contributed by atoms with Crippen molar-refractivity contribution in [2.75, 3.05) is 18.4 Å². The molecule has 2 N–H and O–H groups in total. The van der Waals surface area contributed by atoms with Crippen molar-refractivity contribution in [1.82, 2.24) is 10.2 Å². The molecule has 0 bridgehead atoms. The fraction of sp³-hybridized carbons (Fsp3) is 0.556. The zero-order valence-corrected chi connectivity index (χ0v) is 15.6. The number of rotatable bonds is 5. The molecule has 136 valence electrons. The van der Waals surface area contributed by atoms with Gasteiger partial charge in [-0.2, -0.15) is 0 Å². The van der Waals surface area contributed by atoms with E-state index in [-0.39, 0.29) is 24.4 Å². The third-order valence-corrected chi connectivity index (χ3v) is 5.47. The Kier molecular flexibility index (Phi) is 6.20. The van der Waals surface area contributed by atoms with Crippen molar-refractivity contribution in [3.63, 3.8) is 0 Å². The van der Waals surface area contributed by atoms with Crippen LogP contribution < -0.4 is 10.6 Å². The highest BCUT2D eigenvalue weighted by Crippen LogP contribution is 2.27. The largest absolute Gasteiger partial charge is 0.352 e. The van der Waals surface area contributed by atoms with E-state index in [2.05, 4.69) is 10.6 Å². The molecule has 1 aliphatic carbocycles. The second-order valence-electron chi connectivity index (χ2n) is 6.79. The molecule has 0 aromatic heterocycles. The van der Waals surface area contributed by atoms with E-state index in [0.29, 0.717) is 21.8 Å². The van der Waals surface area contributed by atoms with Crippen LogP contribution in [0.3, 0.4) is 0 Å². The Morgan fingerprint density at radius 3 is 2.60 bits per heavy atom.